The molecule has 0 unspecified atom stereocenters. The van der Waals surface area contributed by atoms with E-state index >= 15 is 0 Å². The molecule has 1 rings (SSSR count). The van der Waals surface area contributed by atoms with E-state index in [-0.39, 0.29) is 0 Å². The van der Waals surface area contributed by atoms with Gasteiger partial charge in [0.1, 0.15) is 0 Å². The molecule has 94 valence electrons. The van der Waals surface area contributed by atoms with Crippen LogP contribution in [0.2, 0.25) is 0 Å². The van der Waals surface area contributed by atoms with Crippen molar-refractivity contribution in [3.8, 4) is 0 Å². The molecule has 0 aliphatic carbocycles. The molecule has 1 aromatic carbocycles. The van der Waals surface area contributed by atoms with Crippen LogP contribution in [0.4, 0.5) is 11.4 Å². The van der Waals surface area contributed by atoms with Crippen LogP contribution in [0.25, 0.3) is 0 Å². The van der Waals surface area contributed by atoms with E-state index in [1.807, 2.05) is 6.07 Å². The minimum Gasteiger partial charge on any atom is -0.465 e. The average molecular weight is 236 g/mol. The first kappa shape index (κ1) is 13.4. The number of anilines is 2. The number of carbonyl (C=O) groups is 1. The molecule has 2 N–H and O–H groups in total. The molecule has 0 atom stereocenters. The summed E-state index contributed by atoms with van der Waals surface area (Å²) in [6.07, 6.45) is 1.06. The lowest BCUT2D eigenvalue weighted by atomic mass is 10.1. The Labute approximate surface area is 102 Å². The SMILES string of the molecule is CCCN(CC)c1ccc(N)c(C(=O)OC)c1. The molecular formula is C13H20N2O2. The Morgan fingerprint density at radius 2 is 2.12 bits per heavy atom. The summed E-state index contributed by atoms with van der Waals surface area (Å²) in [5.74, 6) is -0.392. The third-order valence-corrected chi connectivity index (χ3v) is 2.68. The summed E-state index contributed by atoms with van der Waals surface area (Å²) in [5.41, 5.74) is 7.65. The van der Waals surface area contributed by atoms with Gasteiger partial charge in [0.2, 0.25) is 0 Å². The second kappa shape index (κ2) is 6.13. The first-order valence-corrected chi connectivity index (χ1v) is 5.86. The maximum atomic E-state index is 11.5. The van der Waals surface area contributed by atoms with Crippen molar-refractivity contribution in [3.05, 3.63) is 23.8 Å². The molecule has 0 saturated carbocycles. The molecule has 4 heteroatoms. The molecule has 0 spiro atoms. The normalized spacial score (nSPS) is 10.1. The molecule has 0 aromatic heterocycles. The molecular weight excluding hydrogens is 216 g/mol. The lowest BCUT2D eigenvalue weighted by molar-refractivity contribution is 0.0602. The minimum absolute atomic E-state index is 0.392. The summed E-state index contributed by atoms with van der Waals surface area (Å²) in [7, 11) is 1.36. The van der Waals surface area contributed by atoms with Gasteiger partial charge in [-0.2, -0.15) is 0 Å². The van der Waals surface area contributed by atoms with E-state index < -0.39 is 5.97 Å². The molecule has 0 amide bonds. The smallest absolute Gasteiger partial charge is 0.340 e. The number of ether oxygens (including phenoxy) is 1. The fourth-order valence-electron chi connectivity index (χ4n) is 1.77. The predicted octanol–water partition coefficient (Wildman–Crippen LogP) is 2.29. The highest BCUT2D eigenvalue weighted by atomic mass is 16.5. The van der Waals surface area contributed by atoms with Crippen LogP contribution in [0.15, 0.2) is 18.2 Å². The minimum atomic E-state index is -0.392. The van der Waals surface area contributed by atoms with E-state index in [4.69, 9.17) is 10.5 Å². The largest absolute Gasteiger partial charge is 0.465 e. The van der Waals surface area contributed by atoms with Gasteiger partial charge in [0.05, 0.1) is 12.7 Å². The number of nitrogens with two attached hydrogens (primary N) is 1. The number of rotatable bonds is 5. The van der Waals surface area contributed by atoms with Crippen LogP contribution in [-0.4, -0.2) is 26.2 Å². The number of hydrogen-bond donors (Lipinski definition) is 1. The molecule has 1 aromatic rings. The van der Waals surface area contributed by atoms with E-state index in [0.717, 1.165) is 25.2 Å². The standard InChI is InChI=1S/C13H20N2O2/c1-4-8-15(5-2)10-6-7-12(14)11(9-10)13(16)17-3/h6-7,9H,4-5,8,14H2,1-3H3. The average Bonchev–Trinajstić information content (AvgIpc) is 2.36. The van der Waals surface area contributed by atoms with Gasteiger partial charge in [0.15, 0.2) is 0 Å². The first-order valence-electron chi connectivity index (χ1n) is 5.86. The maximum Gasteiger partial charge on any atom is 0.340 e. The fourth-order valence-corrected chi connectivity index (χ4v) is 1.77. The van der Waals surface area contributed by atoms with Crippen LogP contribution in [0, 0.1) is 0 Å². The molecule has 0 saturated heterocycles. The molecule has 0 heterocycles. The molecule has 0 aliphatic rings. The summed E-state index contributed by atoms with van der Waals surface area (Å²) in [6.45, 7) is 6.07. The molecule has 0 fully saturated rings. The summed E-state index contributed by atoms with van der Waals surface area (Å²) >= 11 is 0. The number of esters is 1. The van der Waals surface area contributed by atoms with Crippen molar-refractivity contribution in [3.63, 3.8) is 0 Å². The van der Waals surface area contributed by atoms with Gasteiger partial charge in [-0.3, -0.25) is 0 Å². The zero-order valence-corrected chi connectivity index (χ0v) is 10.7. The number of nitrogens with zero attached hydrogens (tertiary/aromatic N) is 1. The third-order valence-electron chi connectivity index (χ3n) is 2.68. The van der Waals surface area contributed by atoms with Crippen molar-refractivity contribution in [2.45, 2.75) is 20.3 Å². The van der Waals surface area contributed by atoms with Crippen LogP contribution < -0.4 is 10.6 Å². The van der Waals surface area contributed by atoms with E-state index in [1.54, 1.807) is 12.1 Å². The van der Waals surface area contributed by atoms with Gasteiger partial charge >= 0.3 is 5.97 Å². The lowest BCUT2D eigenvalue weighted by Gasteiger charge is -2.23. The zero-order valence-electron chi connectivity index (χ0n) is 10.7. The lowest BCUT2D eigenvalue weighted by Crippen LogP contribution is -2.23. The van der Waals surface area contributed by atoms with Gasteiger partial charge in [0.25, 0.3) is 0 Å². The Bertz CT molecular complexity index is 391. The number of methoxy groups -OCH3 is 1. The third kappa shape index (κ3) is 3.12. The molecule has 0 radical (unpaired) electrons. The van der Waals surface area contributed by atoms with Gasteiger partial charge in [0, 0.05) is 24.5 Å². The number of benzene rings is 1. The maximum absolute atomic E-state index is 11.5. The van der Waals surface area contributed by atoms with Crippen molar-refractivity contribution >= 4 is 17.3 Å². The van der Waals surface area contributed by atoms with Crippen LogP contribution in [-0.2, 0) is 4.74 Å². The summed E-state index contributed by atoms with van der Waals surface area (Å²) in [6, 6.07) is 5.47. The van der Waals surface area contributed by atoms with Gasteiger partial charge in [-0.1, -0.05) is 6.92 Å². The molecule has 17 heavy (non-hydrogen) atoms. The highest BCUT2D eigenvalue weighted by Crippen LogP contribution is 2.22. The van der Waals surface area contributed by atoms with Crippen molar-refractivity contribution in [1.82, 2.24) is 0 Å². The van der Waals surface area contributed by atoms with Crippen molar-refractivity contribution < 1.29 is 9.53 Å². The van der Waals surface area contributed by atoms with Crippen LogP contribution >= 0.6 is 0 Å². The number of carbonyl (C=O) groups excluding carboxylic acids is 1. The van der Waals surface area contributed by atoms with Crippen molar-refractivity contribution in [1.29, 1.82) is 0 Å². The zero-order chi connectivity index (χ0) is 12.8. The van der Waals surface area contributed by atoms with E-state index in [2.05, 4.69) is 18.7 Å². The fraction of sp³-hybridized carbons (Fsp3) is 0.462. The molecule has 4 nitrogen and oxygen atoms in total. The highest BCUT2D eigenvalue weighted by Gasteiger charge is 2.12. The Balaban J connectivity index is 3.06. The first-order chi connectivity index (χ1) is 8.13. The predicted molar refractivity (Wildman–Crippen MR) is 70.4 cm³/mol. The Morgan fingerprint density at radius 1 is 1.41 bits per heavy atom. The van der Waals surface area contributed by atoms with Crippen molar-refractivity contribution in [2.24, 2.45) is 0 Å². The van der Waals surface area contributed by atoms with E-state index in [9.17, 15) is 4.79 Å². The highest BCUT2D eigenvalue weighted by molar-refractivity contribution is 5.96. The van der Waals surface area contributed by atoms with Crippen LogP contribution in [0.1, 0.15) is 30.6 Å². The summed E-state index contributed by atoms with van der Waals surface area (Å²) < 4.78 is 4.71. The topological polar surface area (TPSA) is 55.6 Å². The quantitative estimate of drug-likeness (QED) is 0.629. The van der Waals surface area contributed by atoms with Gasteiger partial charge in [-0.25, -0.2) is 4.79 Å². The number of nitrogen functional groups attached to an aromatic ring is 1. The molecule has 0 aliphatic heterocycles. The number of hydrogen-bond acceptors (Lipinski definition) is 4. The van der Waals surface area contributed by atoms with E-state index in [1.165, 1.54) is 7.11 Å². The second-order valence-electron chi connectivity index (χ2n) is 3.84. The Hall–Kier alpha value is -1.71. The molecule has 0 bridgehead atoms. The van der Waals surface area contributed by atoms with Gasteiger partial charge in [-0.15, -0.1) is 0 Å². The second-order valence-corrected chi connectivity index (χ2v) is 3.84. The summed E-state index contributed by atoms with van der Waals surface area (Å²) in [5, 5.41) is 0. The van der Waals surface area contributed by atoms with Crippen LogP contribution in [0.5, 0.6) is 0 Å². The van der Waals surface area contributed by atoms with Crippen molar-refractivity contribution in [2.75, 3.05) is 30.8 Å². The van der Waals surface area contributed by atoms with Gasteiger partial charge in [-0.05, 0) is 31.5 Å². The van der Waals surface area contributed by atoms with Gasteiger partial charge < -0.3 is 15.4 Å². The van der Waals surface area contributed by atoms with Crippen LogP contribution in [0.3, 0.4) is 0 Å². The summed E-state index contributed by atoms with van der Waals surface area (Å²) in [4.78, 5) is 13.7. The monoisotopic (exact) mass is 236 g/mol. The van der Waals surface area contributed by atoms with E-state index in [0.29, 0.717) is 11.3 Å². The Morgan fingerprint density at radius 3 is 2.65 bits per heavy atom. The Kier molecular flexibility index (Phi) is 4.82.